The molecule has 0 aromatic heterocycles. The Balaban J connectivity index is 4.22. The Kier molecular flexibility index (Phi) is 49.7. The van der Waals surface area contributed by atoms with Gasteiger partial charge in [-0.1, -0.05) is 225 Å². The molecule has 0 aliphatic rings. The van der Waals surface area contributed by atoms with Crippen LogP contribution in [0.3, 0.4) is 0 Å². The number of rotatable bonds is 50. The summed E-state index contributed by atoms with van der Waals surface area (Å²) in [7, 11) is 1.42. The van der Waals surface area contributed by atoms with Crippen molar-refractivity contribution >= 4 is 19.8 Å². The minimum absolute atomic E-state index is 0.0124. The molecule has 0 fully saturated rings. The fraction of sp³-hybridized carbons (Fsp3) is 0.645. The number of phosphoric acid groups is 1. The summed E-state index contributed by atoms with van der Waals surface area (Å²) in [5, 5.41) is 0. The van der Waals surface area contributed by atoms with Gasteiger partial charge in [0.15, 0.2) is 6.10 Å². The molecule has 0 heterocycles. The molecule has 410 valence electrons. The van der Waals surface area contributed by atoms with E-state index in [9.17, 15) is 19.0 Å². The van der Waals surface area contributed by atoms with Crippen LogP contribution < -0.4 is 0 Å². The van der Waals surface area contributed by atoms with Crippen molar-refractivity contribution in [3.63, 3.8) is 0 Å². The second-order valence-corrected chi connectivity index (χ2v) is 21.0. The zero-order chi connectivity index (χ0) is 52.7. The van der Waals surface area contributed by atoms with Gasteiger partial charge in [0.1, 0.15) is 19.8 Å². The van der Waals surface area contributed by atoms with Gasteiger partial charge in [0.25, 0.3) is 0 Å². The third-order valence-electron chi connectivity index (χ3n) is 11.5. The lowest BCUT2D eigenvalue weighted by atomic mass is 10.0. The maximum atomic E-state index is 12.7. The van der Waals surface area contributed by atoms with E-state index < -0.39 is 32.5 Å². The van der Waals surface area contributed by atoms with E-state index in [-0.39, 0.29) is 26.1 Å². The smallest absolute Gasteiger partial charge is 0.462 e. The highest BCUT2D eigenvalue weighted by Gasteiger charge is 2.27. The molecule has 0 rings (SSSR count). The quantitative estimate of drug-likeness (QED) is 0.0211. The van der Waals surface area contributed by atoms with Crippen LogP contribution in [-0.4, -0.2) is 74.9 Å². The lowest BCUT2D eigenvalue weighted by molar-refractivity contribution is -0.870. The van der Waals surface area contributed by atoms with Gasteiger partial charge >= 0.3 is 19.8 Å². The third-order valence-corrected chi connectivity index (χ3v) is 12.5. The first-order valence-corrected chi connectivity index (χ1v) is 29.8. The number of allylic oxidation sites excluding steroid dienone is 20. The van der Waals surface area contributed by atoms with Crippen molar-refractivity contribution in [1.82, 2.24) is 0 Å². The van der Waals surface area contributed by atoms with Crippen molar-refractivity contribution in [3.05, 3.63) is 122 Å². The number of esters is 2. The Morgan fingerprint density at radius 2 is 0.778 bits per heavy atom. The molecule has 2 unspecified atom stereocenters. The summed E-state index contributed by atoms with van der Waals surface area (Å²) in [6, 6.07) is 0. The number of quaternary nitrogens is 1. The number of hydrogen-bond donors (Lipinski definition) is 1. The zero-order valence-corrected chi connectivity index (χ0v) is 47.3. The fourth-order valence-electron chi connectivity index (χ4n) is 7.21. The van der Waals surface area contributed by atoms with Gasteiger partial charge in [-0.15, -0.1) is 0 Å². The number of carbonyl (C=O) groups excluding carboxylic acids is 2. The number of phosphoric ester groups is 1. The molecule has 0 saturated heterocycles. The molecule has 0 aromatic carbocycles. The van der Waals surface area contributed by atoms with E-state index in [1.165, 1.54) is 89.9 Å². The Morgan fingerprint density at radius 1 is 0.431 bits per heavy atom. The predicted molar refractivity (Wildman–Crippen MR) is 307 cm³/mol. The number of unbranched alkanes of at least 4 members (excludes halogenated alkanes) is 16. The molecule has 0 amide bonds. The van der Waals surface area contributed by atoms with Gasteiger partial charge in [-0.2, -0.15) is 0 Å². The summed E-state index contributed by atoms with van der Waals surface area (Å²) < 4.78 is 34.4. The van der Waals surface area contributed by atoms with E-state index >= 15 is 0 Å². The minimum Gasteiger partial charge on any atom is -0.462 e. The topological polar surface area (TPSA) is 108 Å². The van der Waals surface area contributed by atoms with Crippen LogP contribution in [0.1, 0.15) is 206 Å². The van der Waals surface area contributed by atoms with Crippen LogP contribution in [0.2, 0.25) is 0 Å². The molecule has 0 radical (unpaired) electrons. The van der Waals surface area contributed by atoms with E-state index in [0.29, 0.717) is 17.4 Å². The van der Waals surface area contributed by atoms with Crippen molar-refractivity contribution in [2.45, 2.75) is 213 Å². The predicted octanol–water partition coefficient (Wildman–Crippen LogP) is 17.6. The fourth-order valence-corrected chi connectivity index (χ4v) is 7.95. The van der Waals surface area contributed by atoms with E-state index in [2.05, 4.69) is 123 Å². The molecule has 9 nitrogen and oxygen atoms in total. The van der Waals surface area contributed by atoms with E-state index in [0.717, 1.165) is 83.5 Å². The van der Waals surface area contributed by atoms with Crippen molar-refractivity contribution in [2.75, 3.05) is 47.5 Å². The molecule has 1 N–H and O–H groups in total. The molecule has 0 saturated carbocycles. The maximum absolute atomic E-state index is 12.7. The number of ether oxygens (including phenoxy) is 2. The van der Waals surface area contributed by atoms with E-state index in [1.54, 1.807) is 0 Å². The van der Waals surface area contributed by atoms with Crippen LogP contribution in [0.5, 0.6) is 0 Å². The minimum atomic E-state index is -4.41. The van der Waals surface area contributed by atoms with Crippen LogP contribution in [0.15, 0.2) is 122 Å². The highest BCUT2D eigenvalue weighted by Crippen LogP contribution is 2.43. The Morgan fingerprint density at radius 3 is 1.17 bits per heavy atom. The third kappa shape index (κ3) is 55.7. The standard InChI is InChI=1S/C62H104NO8P/c1-6-8-10-12-14-16-18-20-22-24-26-27-28-29-30-31-32-33-34-35-37-38-40-42-44-46-48-50-52-54-61(64)68-58-60(59-70-72(66,67)69-57-56-63(3,4)5)71-62(65)55-53-51-49-47-45-43-41-39-36-25-23-21-19-17-15-13-11-9-7-2/h8-11,14-17,20-23,26-27,36,39,43,45,49,51,60H,6-7,12-13,18-19,24-25,28-35,37-38,40-42,44,46-48,50,52-59H2,1-5H3/p+1/b10-8-,11-9-,16-14-,17-15-,22-20-,23-21-,27-26-,39-36-,45-43-,51-49-. The molecular weight excluding hydrogens is 918 g/mol. The SMILES string of the molecule is CC/C=C\C/C=C\C/C=C\C/C=C\C/C=C\C/C=C\CCC(=O)OC(COC(=O)CCCCCCCCCCCCCCCCCC/C=C\C/C=C\C/C=C\C/C=C\CC)COP(=O)(O)OCC[N+](C)(C)C. The molecular formula is C62H105NO8P+. The molecule has 2 atom stereocenters. The molecule has 72 heavy (non-hydrogen) atoms. The Hall–Kier alpha value is -3.59. The summed E-state index contributed by atoms with van der Waals surface area (Å²) in [6.07, 6.45) is 74.3. The van der Waals surface area contributed by atoms with Crippen LogP contribution in [0.25, 0.3) is 0 Å². The van der Waals surface area contributed by atoms with E-state index in [4.69, 9.17) is 18.5 Å². The lowest BCUT2D eigenvalue weighted by Crippen LogP contribution is -2.37. The van der Waals surface area contributed by atoms with Crippen molar-refractivity contribution in [3.8, 4) is 0 Å². The van der Waals surface area contributed by atoms with Crippen LogP contribution >= 0.6 is 7.82 Å². The summed E-state index contributed by atoms with van der Waals surface area (Å²) in [4.78, 5) is 35.6. The van der Waals surface area contributed by atoms with Gasteiger partial charge in [-0.25, -0.2) is 4.57 Å². The second-order valence-electron chi connectivity index (χ2n) is 19.6. The van der Waals surface area contributed by atoms with Crippen molar-refractivity contribution in [1.29, 1.82) is 0 Å². The molecule has 0 spiro atoms. The number of hydrogen-bond acceptors (Lipinski definition) is 7. The summed E-state index contributed by atoms with van der Waals surface area (Å²) >= 11 is 0. The maximum Gasteiger partial charge on any atom is 0.472 e. The van der Waals surface area contributed by atoms with Crippen LogP contribution in [0, 0.1) is 0 Å². The second kappa shape index (κ2) is 52.3. The molecule has 0 bridgehead atoms. The molecule has 0 aliphatic carbocycles. The average molecular weight is 1020 g/mol. The molecule has 0 aliphatic heterocycles. The Labute approximate surface area is 441 Å². The number of likely N-dealkylation sites (N-methyl/N-ethyl adjacent to an activating group) is 1. The van der Waals surface area contributed by atoms with E-state index in [1.807, 2.05) is 33.3 Å². The average Bonchev–Trinajstić information content (AvgIpc) is 3.34. The van der Waals surface area contributed by atoms with Crippen molar-refractivity contribution in [2.24, 2.45) is 0 Å². The van der Waals surface area contributed by atoms with Crippen molar-refractivity contribution < 1.29 is 42.1 Å². The molecule has 10 heteroatoms. The van der Waals surface area contributed by atoms with Gasteiger partial charge in [0.2, 0.25) is 0 Å². The first-order valence-electron chi connectivity index (χ1n) is 28.3. The first-order chi connectivity index (χ1) is 35.0. The number of carbonyl (C=O) groups is 2. The highest BCUT2D eigenvalue weighted by molar-refractivity contribution is 7.47. The van der Waals surface area contributed by atoms with Crippen LogP contribution in [-0.2, 0) is 32.7 Å². The monoisotopic (exact) mass is 1020 g/mol. The van der Waals surface area contributed by atoms with Gasteiger partial charge in [0, 0.05) is 12.8 Å². The Bertz CT molecular complexity index is 1630. The molecule has 0 aromatic rings. The lowest BCUT2D eigenvalue weighted by Gasteiger charge is -2.24. The number of nitrogens with zero attached hydrogens (tertiary/aromatic N) is 1. The summed E-state index contributed by atoms with van der Waals surface area (Å²) in [5.41, 5.74) is 0. The van der Waals surface area contributed by atoms with Gasteiger partial charge in [0.05, 0.1) is 27.7 Å². The zero-order valence-electron chi connectivity index (χ0n) is 46.4. The van der Waals surface area contributed by atoms with Gasteiger partial charge in [-0.05, 0) is 89.9 Å². The van der Waals surface area contributed by atoms with Crippen LogP contribution in [0.4, 0.5) is 0 Å². The van der Waals surface area contributed by atoms with Gasteiger partial charge in [-0.3, -0.25) is 18.6 Å². The summed E-state index contributed by atoms with van der Waals surface area (Å²) in [6.45, 7) is 4.11. The van der Waals surface area contributed by atoms with Gasteiger partial charge < -0.3 is 18.9 Å². The summed E-state index contributed by atoms with van der Waals surface area (Å²) in [5.74, 6) is -0.901. The highest BCUT2D eigenvalue weighted by atomic mass is 31.2. The largest absolute Gasteiger partial charge is 0.472 e. The first kappa shape index (κ1) is 68.4. The normalized spacial score (nSPS) is 14.2.